The molecule has 1 atom stereocenters. The number of aryl methyl sites for hydroxylation is 1. The first-order chi connectivity index (χ1) is 16.1. The minimum Gasteiger partial charge on any atom is -0.390 e. The summed E-state index contributed by atoms with van der Waals surface area (Å²) >= 11 is 0. The van der Waals surface area contributed by atoms with E-state index in [0.717, 1.165) is 61.5 Å². The number of nitrogens with zero attached hydrogens (tertiary/aromatic N) is 7. The van der Waals surface area contributed by atoms with Gasteiger partial charge in [-0.3, -0.25) is 0 Å². The summed E-state index contributed by atoms with van der Waals surface area (Å²) in [5.41, 5.74) is 4.81. The fraction of sp³-hybridized carbons (Fsp3) is 0.417. The zero-order valence-corrected chi connectivity index (χ0v) is 18.5. The number of piperidine rings is 1. The third-order valence-electron chi connectivity index (χ3n) is 7.07. The lowest BCUT2D eigenvalue weighted by Gasteiger charge is -2.39. The van der Waals surface area contributed by atoms with E-state index in [1.807, 2.05) is 29.8 Å². The van der Waals surface area contributed by atoms with E-state index in [9.17, 15) is 5.11 Å². The summed E-state index contributed by atoms with van der Waals surface area (Å²) in [5.74, 6) is 3.47. The van der Waals surface area contributed by atoms with Crippen molar-refractivity contribution < 1.29 is 9.84 Å². The van der Waals surface area contributed by atoms with Gasteiger partial charge in [0.15, 0.2) is 11.5 Å². The molecule has 168 valence electrons. The number of aliphatic hydroxyl groups excluding tert-OH is 1. The highest BCUT2D eigenvalue weighted by atomic mass is 16.5. The van der Waals surface area contributed by atoms with Crippen molar-refractivity contribution in [3.63, 3.8) is 0 Å². The largest absolute Gasteiger partial charge is 0.390 e. The highest BCUT2D eigenvalue weighted by Crippen LogP contribution is 2.42. The SMILES string of the molecule is C#C[C@H]1CC2(CCN(c3nc4cnn(-c5ccc6c(c5)ncn6C)c4nc3CO)CC2)CO1. The van der Waals surface area contributed by atoms with Crippen molar-refractivity contribution in [3.05, 3.63) is 36.4 Å². The molecule has 4 aromatic rings. The number of fused-ring (bicyclic) bond motifs is 2. The quantitative estimate of drug-likeness (QED) is 0.485. The number of aromatic nitrogens is 6. The van der Waals surface area contributed by atoms with Crippen LogP contribution in [-0.2, 0) is 18.4 Å². The number of terminal acetylenes is 1. The van der Waals surface area contributed by atoms with Crippen LogP contribution in [0.1, 0.15) is 25.0 Å². The molecule has 1 N–H and O–H groups in total. The maximum atomic E-state index is 10.1. The van der Waals surface area contributed by atoms with Gasteiger partial charge in [-0.05, 0) is 37.5 Å². The summed E-state index contributed by atoms with van der Waals surface area (Å²) in [6.07, 6.45) is 11.9. The highest BCUT2D eigenvalue weighted by Gasteiger charge is 2.42. The van der Waals surface area contributed by atoms with Gasteiger partial charge in [-0.2, -0.15) is 5.10 Å². The van der Waals surface area contributed by atoms with Gasteiger partial charge in [0, 0.05) is 25.6 Å². The van der Waals surface area contributed by atoms with Crippen molar-refractivity contribution in [1.82, 2.24) is 29.3 Å². The average molecular weight is 444 g/mol. The maximum absolute atomic E-state index is 10.1. The third-order valence-corrected chi connectivity index (χ3v) is 7.07. The van der Waals surface area contributed by atoms with E-state index in [1.54, 1.807) is 17.2 Å². The molecule has 5 heterocycles. The van der Waals surface area contributed by atoms with Crippen LogP contribution in [0, 0.1) is 17.8 Å². The molecule has 0 amide bonds. The van der Waals surface area contributed by atoms with Gasteiger partial charge in [0.05, 0.1) is 42.5 Å². The predicted molar refractivity (Wildman–Crippen MR) is 124 cm³/mol. The lowest BCUT2D eigenvalue weighted by molar-refractivity contribution is 0.113. The average Bonchev–Trinajstić information content (AvgIpc) is 3.55. The van der Waals surface area contributed by atoms with Crippen LogP contribution in [0.3, 0.4) is 0 Å². The number of imidazole rings is 1. The van der Waals surface area contributed by atoms with Crippen LogP contribution in [-0.4, -0.2) is 60.2 Å². The topological polar surface area (TPSA) is 94.1 Å². The van der Waals surface area contributed by atoms with Gasteiger partial charge in [-0.15, -0.1) is 6.42 Å². The van der Waals surface area contributed by atoms with Crippen LogP contribution >= 0.6 is 0 Å². The van der Waals surface area contributed by atoms with Gasteiger partial charge in [0.2, 0.25) is 0 Å². The van der Waals surface area contributed by atoms with Crippen molar-refractivity contribution in [2.45, 2.75) is 32.0 Å². The lowest BCUT2D eigenvalue weighted by atomic mass is 9.76. The van der Waals surface area contributed by atoms with Crippen LogP contribution < -0.4 is 4.90 Å². The Hall–Kier alpha value is -3.48. The predicted octanol–water partition coefficient (Wildman–Crippen LogP) is 2.20. The highest BCUT2D eigenvalue weighted by molar-refractivity contribution is 5.80. The molecule has 2 saturated heterocycles. The summed E-state index contributed by atoms with van der Waals surface area (Å²) in [6.45, 7) is 2.20. The molecule has 2 aliphatic heterocycles. The Kier molecular flexibility index (Phi) is 4.60. The third kappa shape index (κ3) is 3.25. The van der Waals surface area contributed by atoms with E-state index in [4.69, 9.17) is 21.1 Å². The number of hydrogen-bond donors (Lipinski definition) is 1. The molecule has 33 heavy (non-hydrogen) atoms. The molecule has 0 aliphatic carbocycles. The first kappa shape index (κ1) is 20.1. The summed E-state index contributed by atoms with van der Waals surface area (Å²) < 4.78 is 9.50. The molecule has 6 rings (SSSR count). The zero-order chi connectivity index (χ0) is 22.6. The van der Waals surface area contributed by atoms with E-state index in [1.165, 1.54) is 0 Å². The fourth-order valence-electron chi connectivity index (χ4n) is 5.11. The van der Waals surface area contributed by atoms with Crippen LogP contribution in [0.15, 0.2) is 30.7 Å². The monoisotopic (exact) mass is 443 g/mol. The molecule has 0 unspecified atom stereocenters. The van der Waals surface area contributed by atoms with Crippen molar-refractivity contribution in [2.75, 3.05) is 24.6 Å². The number of anilines is 1. The second-order valence-corrected chi connectivity index (χ2v) is 9.10. The Balaban J connectivity index is 1.31. The Labute approximate surface area is 191 Å². The second kappa shape index (κ2) is 7.54. The van der Waals surface area contributed by atoms with Crippen molar-refractivity contribution >= 4 is 28.0 Å². The molecule has 1 aromatic carbocycles. The Morgan fingerprint density at radius 1 is 1.24 bits per heavy atom. The molecule has 2 fully saturated rings. The van der Waals surface area contributed by atoms with Gasteiger partial charge in [0.1, 0.15) is 17.3 Å². The molecule has 0 radical (unpaired) electrons. The number of hydrogen-bond acceptors (Lipinski definition) is 7. The van der Waals surface area contributed by atoms with Gasteiger partial charge in [-0.1, -0.05) is 5.92 Å². The molecule has 3 aromatic heterocycles. The molecule has 1 spiro atoms. The number of rotatable bonds is 3. The first-order valence-corrected chi connectivity index (χ1v) is 11.2. The van der Waals surface area contributed by atoms with Crippen LogP contribution in [0.5, 0.6) is 0 Å². The zero-order valence-electron chi connectivity index (χ0n) is 18.5. The summed E-state index contributed by atoms with van der Waals surface area (Å²) in [4.78, 5) is 16.3. The van der Waals surface area contributed by atoms with E-state index >= 15 is 0 Å². The molecule has 0 bridgehead atoms. The van der Waals surface area contributed by atoms with Crippen molar-refractivity contribution in [1.29, 1.82) is 0 Å². The van der Waals surface area contributed by atoms with Crippen LogP contribution in [0.2, 0.25) is 0 Å². The van der Waals surface area contributed by atoms with Crippen molar-refractivity contribution in [3.8, 4) is 18.0 Å². The molecule has 0 saturated carbocycles. The summed E-state index contributed by atoms with van der Waals surface area (Å²) in [6, 6.07) is 5.98. The maximum Gasteiger partial charge on any atom is 0.182 e. The molecule has 2 aliphatic rings. The van der Waals surface area contributed by atoms with E-state index in [-0.39, 0.29) is 18.1 Å². The van der Waals surface area contributed by atoms with Gasteiger partial charge >= 0.3 is 0 Å². The van der Waals surface area contributed by atoms with E-state index in [2.05, 4.69) is 20.9 Å². The first-order valence-electron chi connectivity index (χ1n) is 11.2. The standard InChI is InChI=1S/C24H25N7O2/c1-3-17-11-24(14-33-17)6-8-30(9-7-24)22-20(13-32)28-23-19(27-22)12-26-31(23)16-4-5-21-18(10-16)25-15-29(21)2/h1,4-5,10,12,15,17,32H,6-9,11,13-14H2,2H3/t17-/m0/s1. The van der Waals surface area contributed by atoms with E-state index in [0.29, 0.717) is 16.9 Å². The van der Waals surface area contributed by atoms with Crippen molar-refractivity contribution in [2.24, 2.45) is 12.5 Å². The number of ether oxygens (including phenoxy) is 1. The smallest absolute Gasteiger partial charge is 0.182 e. The minimum atomic E-state index is -0.188. The second-order valence-electron chi connectivity index (χ2n) is 9.10. The lowest BCUT2D eigenvalue weighted by Crippen LogP contribution is -2.41. The van der Waals surface area contributed by atoms with Gasteiger partial charge in [0.25, 0.3) is 0 Å². The normalized spacial score (nSPS) is 20.2. The fourth-order valence-corrected chi connectivity index (χ4v) is 5.11. The summed E-state index contributed by atoms with van der Waals surface area (Å²) in [5, 5.41) is 14.6. The molecular weight excluding hydrogens is 418 g/mol. The number of aliphatic hydroxyl groups is 1. The Morgan fingerprint density at radius 3 is 2.85 bits per heavy atom. The van der Waals surface area contributed by atoms with Crippen LogP contribution in [0.25, 0.3) is 27.9 Å². The summed E-state index contributed by atoms with van der Waals surface area (Å²) in [7, 11) is 1.97. The molecule has 9 nitrogen and oxygen atoms in total. The van der Waals surface area contributed by atoms with Crippen LogP contribution in [0.4, 0.5) is 5.82 Å². The Bertz CT molecular complexity index is 1390. The molecule has 9 heteroatoms. The van der Waals surface area contributed by atoms with E-state index < -0.39 is 0 Å². The molecular formula is C24H25N7O2. The number of benzene rings is 1. The minimum absolute atomic E-state index is 0.0724. The van der Waals surface area contributed by atoms with Gasteiger partial charge in [-0.25, -0.2) is 19.6 Å². The Morgan fingerprint density at radius 2 is 2.09 bits per heavy atom. The van der Waals surface area contributed by atoms with Gasteiger partial charge < -0.3 is 19.3 Å².